The fourth-order valence-corrected chi connectivity index (χ4v) is 1.98. The van der Waals surface area contributed by atoms with Crippen LogP contribution in [-0.2, 0) is 11.3 Å². The van der Waals surface area contributed by atoms with E-state index < -0.39 is 0 Å². The molecule has 5 heteroatoms. The van der Waals surface area contributed by atoms with E-state index in [9.17, 15) is 4.79 Å². The van der Waals surface area contributed by atoms with Gasteiger partial charge < -0.3 is 20.1 Å². The number of benzene rings is 1. The molecule has 1 amide bonds. The number of nitrogens with two attached hydrogens (primary N) is 1. The van der Waals surface area contributed by atoms with Gasteiger partial charge in [0.2, 0.25) is 5.91 Å². The summed E-state index contributed by atoms with van der Waals surface area (Å²) in [5.41, 5.74) is 6.68. The summed E-state index contributed by atoms with van der Waals surface area (Å²) in [5.74, 6) is 1.12. The van der Waals surface area contributed by atoms with Crippen molar-refractivity contribution in [2.24, 2.45) is 11.7 Å². The molecule has 0 aliphatic carbocycles. The summed E-state index contributed by atoms with van der Waals surface area (Å²) in [6.45, 7) is 4.13. The van der Waals surface area contributed by atoms with Crippen LogP contribution in [0.2, 0.25) is 0 Å². The lowest BCUT2D eigenvalue weighted by Crippen LogP contribution is -2.39. The van der Waals surface area contributed by atoms with Gasteiger partial charge in [-0.05, 0) is 13.0 Å². The van der Waals surface area contributed by atoms with Gasteiger partial charge in [-0.25, -0.2) is 0 Å². The molecule has 0 saturated heterocycles. The second-order valence-corrected chi connectivity index (χ2v) is 4.99. The van der Waals surface area contributed by atoms with Gasteiger partial charge in [-0.15, -0.1) is 0 Å². The summed E-state index contributed by atoms with van der Waals surface area (Å²) in [6.07, 6.45) is 0. The van der Waals surface area contributed by atoms with E-state index in [0.717, 1.165) is 5.56 Å². The monoisotopic (exact) mass is 280 g/mol. The molecule has 0 radical (unpaired) electrons. The van der Waals surface area contributed by atoms with E-state index in [4.69, 9.17) is 15.2 Å². The Morgan fingerprint density at radius 3 is 2.45 bits per heavy atom. The largest absolute Gasteiger partial charge is 0.493 e. The Hall–Kier alpha value is -1.75. The van der Waals surface area contributed by atoms with Crippen LogP contribution in [0.1, 0.15) is 19.4 Å². The molecule has 0 spiro atoms. The molecule has 20 heavy (non-hydrogen) atoms. The maximum absolute atomic E-state index is 12.2. The molecular weight excluding hydrogens is 256 g/mol. The summed E-state index contributed by atoms with van der Waals surface area (Å²) < 4.78 is 10.6. The first-order valence-corrected chi connectivity index (χ1v) is 6.62. The highest BCUT2D eigenvalue weighted by atomic mass is 16.5. The molecule has 2 unspecified atom stereocenters. The normalized spacial score (nSPS) is 13.5. The average Bonchev–Trinajstić information content (AvgIpc) is 2.44. The Morgan fingerprint density at radius 2 is 1.95 bits per heavy atom. The third kappa shape index (κ3) is 3.63. The maximum atomic E-state index is 12.2. The predicted molar refractivity (Wildman–Crippen MR) is 78.8 cm³/mol. The van der Waals surface area contributed by atoms with Crippen molar-refractivity contribution in [3.8, 4) is 11.5 Å². The number of hydrogen-bond acceptors (Lipinski definition) is 4. The molecule has 1 aromatic carbocycles. The van der Waals surface area contributed by atoms with Crippen molar-refractivity contribution in [3.63, 3.8) is 0 Å². The molecule has 0 aliphatic rings. The van der Waals surface area contributed by atoms with Gasteiger partial charge in [0, 0.05) is 25.2 Å². The topological polar surface area (TPSA) is 64.8 Å². The van der Waals surface area contributed by atoms with Crippen LogP contribution >= 0.6 is 0 Å². The Kier molecular flexibility index (Phi) is 5.82. The Balaban J connectivity index is 2.90. The number of carbonyl (C=O) groups excluding carboxylic acids is 1. The van der Waals surface area contributed by atoms with Crippen LogP contribution in [0.3, 0.4) is 0 Å². The van der Waals surface area contributed by atoms with Crippen molar-refractivity contribution >= 4 is 5.91 Å². The molecule has 0 bridgehead atoms. The zero-order valence-electron chi connectivity index (χ0n) is 12.8. The highest BCUT2D eigenvalue weighted by molar-refractivity contribution is 5.79. The zero-order valence-corrected chi connectivity index (χ0v) is 12.8. The molecule has 1 aromatic rings. The van der Waals surface area contributed by atoms with Crippen LogP contribution < -0.4 is 15.2 Å². The van der Waals surface area contributed by atoms with Crippen molar-refractivity contribution in [2.75, 3.05) is 21.3 Å². The lowest BCUT2D eigenvalue weighted by atomic mass is 10.0. The minimum absolute atomic E-state index is 0.0184. The van der Waals surface area contributed by atoms with E-state index in [1.165, 1.54) is 0 Å². The van der Waals surface area contributed by atoms with Crippen LogP contribution in [0.25, 0.3) is 0 Å². The first-order chi connectivity index (χ1) is 9.42. The highest BCUT2D eigenvalue weighted by Gasteiger charge is 2.22. The predicted octanol–water partition coefficient (Wildman–Crippen LogP) is 1.65. The first kappa shape index (κ1) is 16.3. The lowest BCUT2D eigenvalue weighted by molar-refractivity contribution is -0.134. The van der Waals surface area contributed by atoms with E-state index in [-0.39, 0.29) is 17.9 Å². The molecule has 0 aliphatic heterocycles. The second kappa shape index (κ2) is 7.14. The quantitative estimate of drug-likeness (QED) is 0.860. The van der Waals surface area contributed by atoms with Crippen molar-refractivity contribution < 1.29 is 14.3 Å². The fraction of sp³-hybridized carbons (Fsp3) is 0.533. The van der Waals surface area contributed by atoms with Crippen LogP contribution in [0.15, 0.2) is 18.2 Å². The van der Waals surface area contributed by atoms with Crippen LogP contribution in [0.4, 0.5) is 0 Å². The van der Waals surface area contributed by atoms with Crippen LogP contribution in [0, 0.1) is 5.92 Å². The lowest BCUT2D eigenvalue weighted by Gasteiger charge is -2.24. The van der Waals surface area contributed by atoms with Gasteiger partial charge in [-0.2, -0.15) is 0 Å². The summed E-state index contributed by atoms with van der Waals surface area (Å²) in [5, 5.41) is 0. The average molecular weight is 280 g/mol. The van der Waals surface area contributed by atoms with Gasteiger partial charge in [0.1, 0.15) is 0 Å². The number of nitrogens with zero attached hydrogens (tertiary/aromatic N) is 1. The Bertz CT molecular complexity index is 460. The molecule has 0 fully saturated rings. The minimum atomic E-state index is -0.211. The number of ether oxygens (including phenoxy) is 2. The van der Waals surface area contributed by atoms with Crippen LogP contribution in [-0.4, -0.2) is 38.1 Å². The minimum Gasteiger partial charge on any atom is -0.493 e. The standard InChI is InChI=1S/C15H24N2O3/c1-10(11(2)16)15(18)17(3)9-12-7-6-8-13(19-4)14(12)20-5/h6-8,10-11H,9,16H2,1-5H3. The third-order valence-corrected chi connectivity index (χ3v) is 3.45. The van der Waals surface area contributed by atoms with Gasteiger partial charge in [-0.1, -0.05) is 19.1 Å². The second-order valence-electron chi connectivity index (χ2n) is 4.99. The number of carbonyl (C=O) groups is 1. The summed E-state index contributed by atoms with van der Waals surface area (Å²) in [4.78, 5) is 13.9. The van der Waals surface area contributed by atoms with E-state index in [0.29, 0.717) is 18.0 Å². The first-order valence-electron chi connectivity index (χ1n) is 6.62. The smallest absolute Gasteiger partial charge is 0.226 e. The number of para-hydroxylation sites is 1. The summed E-state index contributed by atoms with van der Waals surface area (Å²) >= 11 is 0. The molecule has 0 saturated carbocycles. The van der Waals surface area contributed by atoms with Gasteiger partial charge in [0.05, 0.1) is 20.1 Å². The zero-order chi connectivity index (χ0) is 15.3. The molecule has 0 aromatic heterocycles. The van der Waals surface area contributed by atoms with Gasteiger partial charge >= 0.3 is 0 Å². The van der Waals surface area contributed by atoms with E-state index >= 15 is 0 Å². The maximum Gasteiger partial charge on any atom is 0.226 e. The molecular formula is C15H24N2O3. The van der Waals surface area contributed by atoms with Gasteiger partial charge in [-0.3, -0.25) is 4.79 Å². The van der Waals surface area contributed by atoms with Crippen molar-refractivity contribution in [2.45, 2.75) is 26.4 Å². The van der Waals surface area contributed by atoms with Crippen molar-refractivity contribution in [1.82, 2.24) is 4.90 Å². The molecule has 2 N–H and O–H groups in total. The van der Waals surface area contributed by atoms with Gasteiger partial charge in [0.15, 0.2) is 11.5 Å². The number of methoxy groups -OCH3 is 2. The SMILES string of the molecule is COc1cccc(CN(C)C(=O)C(C)C(C)N)c1OC. The summed E-state index contributed by atoms with van der Waals surface area (Å²) in [6, 6.07) is 5.46. The van der Waals surface area contributed by atoms with Gasteiger partial charge in [0.25, 0.3) is 0 Å². The summed E-state index contributed by atoms with van der Waals surface area (Å²) in [7, 11) is 4.95. The molecule has 0 heterocycles. The highest BCUT2D eigenvalue weighted by Crippen LogP contribution is 2.31. The molecule has 5 nitrogen and oxygen atoms in total. The van der Waals surface area contributed by atoms with E-state index in [2.05, 4.69) is 0 Å². The molecule has 2 atom stereocenters. The number of hydrogen-bond donors (Lipinski definition) is 1. The van der Waals surface area contributed by atoms with Crippen LogP contribution in [0.5, 0.6) is 11.5 Å². The molecule has 1 rings (SSSR count). The van der Waals surface area contributed by atoms with E-state index in [1.54, 1.807) is 26.2 Å². The van der Waals surface area contributed by atoms with Crippen molar-refractivity contribution in [3.05, 3.63) is 23.8 Å². The van der Waals surface area contributed by atoms with E-state index in [1.807, 2.05) is 32.0 Å². The Labute approximate surface area is 120 Å². The third-order valence-electron chi connectivity index (χ3n) is 3.45. The number of amides is 1. The number of rotatable bonds is 6. The van der Waals surface area contributed by atoms with Crippen molar-refractivity contribution in [1.29, 1.82) is 0 Å². The Morgan fingerprint density at radius 1 is 1.30 bits per heavy atom. The molecule has 112 valence electrons. The fourth-order valence-electron chi connectivity index (χ4n) is 1.98.